The summed E-state index contributed by atoms with van der Waals surface area (Å²) in [6.45, 7) is -0.596. The van der Waals surface area contributed by atoms with Gasteiger partial charge in [-0.05, 0) is 42.5 Å². The van der Waals surface area contributed by atoms with E-state index in [-0.39, 0.29) is 22.7 Å². The molecule has 7 heteroatoms. The lowest BCUT2D eigenvalue weighted by Gasteiger charge is -2.21. The van der Waals surface area contributed by atoms with E-state index in [0.29, 0.717) is 0 Å². The van der Waals surface area contributed by atoms with Crippen molar-refractivity contribution in [2.75, 3.05) is 11.4 Å². The van der Waals surface area contributed by atoms with Gasteiger partial charge < -0.3 is 20.4 Å². The number of carboxylic acids is 1. The summed E-state index contributed by atoms with van der Waals surface area (Å²) in [4.78, 5) is 24.5. The molecule has 0 saturated heterocycles. The Kier molecular flexibility index (Phi) is 3.78. The molecule has 0 fully saturated rings. The van der Waals surface area contributed by atoms with Crippen LogP contribution in [0.2, 0.25) is 0 Å². The SMILES string of the molecule is [2H]Oc1ccc(N(CC(=O)O)C(=O)c2ccc(O)c(O)c2)cc1. The zero-order chi connectivity index (χ0) is 17.0. The van der Waals surface area contributed by atoms with Gasteiger partial charge in [-0.25, -0.2) is 0 Å². The third-order valence-electron chi connectivity index (χ3n) is 2.91. The lowest BCUT2D eigenvalue weighted by Crippen LogP contribution is -2.35. The first-order chi connectivity index (χ1) is 10.9. The number of anilines is 1. The lowest BCUT2D eigenvalue weighted by atomic mass is 10.1. The van der Waals surface area contributed by atoms with Crippen molar-refractivity contribution in [3.8, 4) is 17.2 Å². The first kappa shape index (κ1) is 13.7. The van der Waals surface area contributed by atoms with Crippen LogP contribution in [0.1, 0.15) is 10.4 Å². The van der Waals surface area contributed by atoms with Gasteiger partial charge in [-0.1, -0.05) is 0 Å². The van der Waals surface area contributed by atoms with Crippen molar-refractivity contribution in [1.82, 2.24) is 0 Å². The van der Waals surface area contributed by atoms with Crippen molar-refractivity contribution in [2.24, 2.45) is 0 Å². The van der Waals surface area contributed by atoms with E-state index in [9.17, 15) is 19.8 Å². The van der Waals surface area contributed by atoms with Gasteiger partial charge >= 0.3 is 5.97 Å². The number of hydrogen-bond donors (Lipinski definition) is 4. The summed E-state index contributed by atoms with van der Waals surface area (Å²) in [5.74, 6) is -2.52. The van der Waals surface area contributed by atoms with Crippen LogP contribution >= 0.6 is 0 Å². The molecule has 1 amide bonds. The van der Waals surface area contributed by atoms with Crippen molar-refractivity contribution in [1.29, 1.82) is 1.43 Å². The maximum atomic E-state index is 12.5. The summed E-state index contributed by atoms with van der Waals surface area (Å²) >= 11 is 0. The van der Waals surface area contributed by atoms with E-state index < -0.39 is 24.2 Å². The molecule has 0 unspecified atom stereocenters. The average Bonchev–Trinajstić information content (AvgIpc) is 2.54. The van der Waals surface area contributed by atoms with Gasteiger partial charge in [0.1, 0.15) is 12.3 Å². The standard InChI is InChI=1S/C15H13NO6/c17-11-4-2-10(3-5-11)16(8-14(20)21)15(22)9-1-6-12(18)13(19)7-9/h1-7,17-19H,8H2,(H,20,21)/i/hD. The summed E-state index contributed by atoms with van der Waals surface area (Å²) < 4.78 is 6.77. The van der Waals surface area contributed by atoms with Crippen molar-refractivity contribution in [2.45, 2.75) is 0 Å². The molecular formula is C15H13NO6. The number of carbonyl (C=O) groups is 2. The summed E-state index contributed by atoms with van der Waals surface area (Å²) in [5.41, 5.74) is 0.299. The number of nitrogens with zero attached hydrogens (tertiary/aromatic N) is 1. The monoisotopic (exact) mass is 304 g/mol. The zero-order valence-corrected chi connectivity index (χ0v) is 11.3. The Morgan fingerprint density at radius 3 is 2.27 bits per heavy atom. The molecule has 22 heavy (non-hydrogen) atoms. The molecule has 0 atom stereocenters. The van der Waals surface area contributed by atoms with Crippen LogP contribution in [0.5, 0.6) is 17.2 Å². The molecule has 2 aromatic rings. The quantitative estimate of drug-likeness (QED) is 0.622. The number of phenolic OH excluding ortho intramolecular Hbond substituents is 3. The van der Waals surface area contributed by atoms with E-state index in [4.69, 9.17) is 6.54 Å². The molecule has 0 saturated carbocycles. The predicted molar refractivity (Wildman–Crippen MR) is 77.2 cm³/mol. The number of benzene rings is 2. The first-order valence-corrected chi connectivity index (χ1v) is 6.21. The first-order valence-electron chi connectivity index (χ1n) is 6.62. The fourth-order valence-corrected chi connectivity index (χ4v) is 1.85. The molecule has 0 heterocycles. The largest absolute Gasteiger partial charge is 0.508 e. The van der Waals surface area contributed by atoms with E-state index in [1.807, 2.05) is 0 Å². The molecule has 0 aromatic heterocycles. The minimum atomic E-state index is -1.22. The van der Waals surface area contributed by atoms with E-state index in [1.54, 1.807) is 0 Å². The van der Waals surface area contributed by atoms with Crippen molar-refractivity contribution >= 4 is 17.6 Å². The third kappa shape index (κ3) is 3.26. The van der Waals surface area contributed by atoms with E-state index in [0.717, 1.165) is 17.0 Å². The van der Waals surface area contributed by atoms with Gasteiger partial charge in [0.05, 0.1) is 0 Å². The Morgan fingerprint density at radius 2 is 1.73 bits per heavy atom. The highest BCUT2D eigenvalue weighted by Crippen LogP contribution is 2.27. The molecular weight excluding hydrogens is 290 g/mol. The molecule has 2 aromatic carbocycles. The van der Waals surface area contributed by atoms with Crippen LogP contribution in [0.25, 0.3) is 0 Å². The van der Waals surface area contributed by atoms with Crippen LogP contribution in [0.4, 0.5) is 5.69 Å². The molecule has 0 aliphatic heterocycles. The topological polar surface area (TPSA) is 118 Å². The van der Waals surface area contributed by atoms with E-state index in [1.165, 1.54) is 30.3 Å². The number of carboxylic acid groups (broad SMARTS) is 1. The van der Waals surface area contributed by atoms with Gasteiger partial charge in [0.2, 0.25) is 0 Å². The van der Waals surface area contributed by atoms with Gasteiger partial charge in [-0.3, -0.25) is 14.5 Å². The highest BCUT2D eigenvalue weighted by molar-refractivity contribution is 6.08. The number of aromatic hydroxyl groups is 3. The second-order valence-electron chi connectivity index (χ2n) is 4.48. The van der Waals surface area contributed by atoms with Crippen LogP contribution in [0.3, 0.4) is 0 Å². The number of aliphatic carboxylic acids is 1. The minimum absolute atomic E-state index is 0.0161. The van der Waals surface area contributed by atoms with Crippen LogP contribution in [-0.4, -0.2) is 40.3 Å². The molecule has 0 aliphatic carbocycles. The van der Waals surface area contributed by atoms with Gasteiger partial charge in [0.25, 0.3) is 7.34 Å². The highest BCUT2D eigenvalue weighted by Gasteiger charge is 2.21. The Morgan fingerprint density at radius 1 is 1.05 bits per heavy atom. The lowest BCUT2D eigenvalue weighted by molar-refractivity contribution is -0.135. The normalized spacial score (nSPS) is 10.6. The van der Waals surface area contributed by atoms with Crippen molar-refractivity contribution < 1.29 is 30.0 Å². The number of rotatable bonds is 5. The van der Waals surface area contributed by atoms with Crippen molar-refractivity contribution in [3.63, 3.8) is 0 Å². The summed E-state index contributed by atoms with van der Waals surface area (Å²) in [5, 5.41) is 32.0. The highest BCUT2D eigenvalue weighted by atomic mass is 16.4. The number of carbonyl (C=O) groups excluding carboxylic acids is 1. The molecule has 4 N–H and O–H groups in total. The molecule has 0 radical (unpaired) electrons. The fourth-order valence-electron chi connectivity index (χ4n) is 1.85. The van der Waals surface area contributed by atoms with E-state index >= 15 is 0 Å². The second kappa shape index (κ2) is 6.04. The Labute approximate surface area is 126 Å². The summed E-state index contributed by atoms with van der Waals surface area (Å²) in [6.07, 6.45) is 0. The Balaban J connectivity index is 2.38. The summed E-state index contributed by atoms with van der Waals surface area (Å²) in [7, 11) is 0. The molecule has 114 valence electrons. The Hall–Kier alpha value is -3.22. The summed E-state index contributed by atoms with van der Waals surface area (Å²) in [6, 6.07) is 9.16. The van der Waals surface area contributed by atoms with Gasteiger partial charge in [0.15, 0.2) is 11.5 Å². The van der Waals surface area contributed by atoms with Crippen molar-refractivity contribution in [3.05, 3.63) is 48.0 Å². The van der Waals surface area contributed by atoms with Gasteiger partial charge in [-0.2, -0.15) is 0 Å². The predicted octanol–water partition coefficient (Wildman–Crippen LogP) is 1.53. The molecule has 0 aliphatic rings. The molecule has 0 bridgehead atoms. The van der Waals surface area contributed by atoms with Crippen LogP contribution in [0.15, 0.2) is 42.5 Å². The molecule has 7 nitrogen and oxygen atoms in total. The van der Waals surface area contributed by atoms with Crippen LogP contribution < -0.4 is 4.90 Å². The Bertz CT molecular complexity index is 731. The van der Waals surface area contributed by atoms with E-state index in [2.05, 4.69) is 5.11 Å². The average molecular weight is 304 g/mol. The zero-order valence-electron chi connectivity index (χ0n) is 12.3. The number of phenols is 3. The third-order valence-corrected chi connectivity index (χ3v) is 2.91. The van der Waals surface area contributed by atoms with Gasteiger partial charge in [-0.15, -0.1) is 0 Å². The minimum Gasteiger partial charge on any atom is -0.508 e. The molecule has 2 rings (SSSR count). The second-order valence-corrected chi connectivity index (χ2v) is 4.48. The number of amides is 1. The smallest absolute Gasteiger partial charge is 0.323 e. The molecule has 0 spiro atoms. The number of hydrogen-bond acceptors (Lipinski definition) is 5. The van der Waals surface area contributed by atoms with Crippen LogP contribution in [-0.2, 0) is 4.79 Å². The maximum Gasteiger partial charge on any atom is 0.323 e. The fraction of sp³-hybridized carbons (Fsp3) is 0.0667. The van der Waals surface area contributed by atoms with Crippen LogP contribution in [0, 0.1) is 0 Å². The maximum absolute atomic E-state index is 12.5. The van der Waals surface area contributed by atoms with Gasteiger partial charge in [0, 0.05) is 11.3 Å².